The summed E-state index contributed by atoms with van der Waals surface area (Å²) in [6.45, 7) is 1.06. The van der Waals surface area contributed by atoms with E-state index in [-0.39, 0.29) is 11.7 Å². The van der Waals surface area contributed by atoms with Crippen LogP contribution in [0.5, 0.6) is 0 Å². The van der Waals surface area contributed by atoms with Crippen LogP contribution in [0.25, 0.3) is 11.1 Å². The first-order chi connectivity index (χ1) is 17.7. The number of carbonyl (C=O) groups is 1. The quantitative estimate of drug-likeness (QED) is 0.296. The summed E-state index contributed by atoms with van der Waals surface area (Å²) in [6, 6.07) is 27.7. The molecule has 5 rings (SSSR count). The third kappa shape index (κ3) is 5.47. The fourth-order valence-electron chi connectivity index (χ4n) is 3.99. The lowest BCUT2D eigenvalue weighted by molar-refractivity contribution is 0.0951. The number of aromatic nitrogens is 3. The van der Waals surface area contributed by atoms with Gasteiger partial charge in [-0.3, -0.25) is 9.48 Å². The van der Waals surface area contributed by atoms with E-state index in [1.165, 1.54) is 12.1 Å². The molecule has 0 radical (unpaired) electrons. The van der Waals surface area contributed by atoms with Crippen molar-refractivity contribution in [2.45, 2.75) is 13.1 Å². The number of rotatable bonds is 8. The van der Waals surface area contributed by atoms with E-state index in [0.717, 1.165) is 22.3 Å². The maximum atomic E-state index is 13.6. The second-order valence-electron chi connectivity index (χ2n) is 8.28. The molecule has 6 nitrogen and oxygen atoms in total. The van der Waals surface area contributed by atoms with Gasteiger partial charge < -0.3 is 10.6 Å². The summed E-state index contributed by atoms with van der Waals surface area (Å²) in [4.78, 5) is 17.3. The molecule has 0 fully saturated rings. The van der Waals surface area contributed by atoms with Crippen molar-refractivity contribution in [2.24, 2.45) is 0 Å². The highest BCUT2D eigenvalue weighted by Crippen LogP contribution is 2.25. The maximum absolute atomic E-state index is 13.6. The minimum Gasteiger partial charge on any atom is -0.348 e. The van der Waals surface area contributed by atoms with Crippen molar-refractivity contribution in [3.63, 3.8) is 0 Å². The number of amides is 1. The SMILES string of the molecule is O=C(NCc1ccccc1-c1ccc(Cn2cccn2)cc1)c1cccnc1Nc1cccc(F)c1. The minimum absolute atomic E-state index is 0.272. The molecule has 0 saturated heterocycles. The van der Waals surface area contributed by atoms with E-state index in [2.05, 4.69) is 45.0 Å². The number of hydrogen-bond acceptors (Lipinski definition) is 4. The lowest BCUT2D eigenvalue weighted by atomic mass is 9.98. The number of nitrogens with one attached hydrogen (secondary N) is 2. The first-order valence-corrected chi connectivity index (χ1v) is 11.6. The molecule has 2 N–H and O–H groups in total. The Bertz CT molecular complexity index is 1470. The summed E-state index contributed by atoms with van der Waals surface area (Å²) in [5, 5.41) is 10.3. The third-order valence-corrected chi connectivity index (χ3v) is 5.77. The summed E-state index contributed by atoms with van der Waals surface area (Å²) in [5.74, 6) is -0.277. The summed E-state index contributed by atoms with van der Waals surface area (Å²) in [6.07, 6.45) is 5.29. The Labute approximate surface area is 208 Å². The van der Waals surface area contributed by atoms with E-state index in [4.69, 9.17) is 0 Å². The zero-order chi connectivity index (χ0) is 24.7. The van der Waals surface area contributed by atoms with Crippen LogP contribution in [0.1, 0.15) is 21.5 Å². The van der Waals surface area contributed by atoms with Gasteiger partial charge in [0.2, 0.25) is 0 Å². The number of anilines is 2. The largest absolute Gasteiger partial charge is 0.348 e. The van der Waals surface area contributed by atoms with E-state index >= 15 is 0 Å². The van der Waals surface area contributed by atoms with Gasteiger partial charge in [-0.15, -0.1) is 0 Å². The van der Waals surface area contributed by atoms with Gasteiger partial charge in [-0.25, -0.2) is 9.37 Å². The molecular formula is C29H24FN5O. The first kappa shape index (κ1) is 23.0. The minimum atomic E-state index is -0.368. The van der Waals surface area contributed by atoms with Crippen LogP contribution >= 0.6 is 0 Å². The van der Waals surface area contributed by atoms with Gasteiger partial charge in [0.1, 0.15) is 11.6 Å². The zero-order valence-corrected chi connectivity index (χ0v) is 19.4. The second kappa shape index (κ2) is 10.7. The van der Waals surface area contributed by atoms with Crippen LogP contribution in [0.3, 0.4) is 0 Å². The molecule has 0 aliphatic carbocycles. The summed E-state index contributed by atoms with van der Waals surface area (Å²) < 4.78 is 15.5. The summed E-state index contributed by atoms with van der Waals surface area (Å²) >= 11 is 0. The Morgan fingerprint density at radius 3 is 2.56 bits per heavy atom. The Hall–Kier alpha value is -4.78. The molecule has 5 aromatic rings. The number of halogens is 1. The van der Waals surface area contributed by atoms with Crippen molar-refractivity contribution in [1.82, 2.24) is 20.1 Å². The second-order valence-corrected chi connectivity index (χ2v) is 8.28. The standard InChI is InChI=1S/C29H24FN5O/c30-24-7-3-8-25(18-24)34-28-27(10-4-15-31-28)29(36)32-19-23-6-1-2-9-26(23)22-13-11-21(12-14-22)20-35-17-5-16-33-35/h1-18H,19-20H2,(H,31,34)(H,32,36). The zero-order valence-electron chi connectivity index (χ0n) is 19.4. The molecule has 2 aromatic heterocycles. The van der Waals surface area contributed by atoms with Gasteiger partial charge in [0.05, 0.1) is 12.1 Å². The Morgan fingerprint density at radius 2 is 1.75 bits per heavy atom. The lowest BCUT2D eigenvalue weighted by Gasteiger charge is -2.14. The van der Waals surface area contributed by atoms with Gasteiger partial charge in [-0.1, -0.05) is 54.6 Å². The molecule has 0 unspecified atom stereocenters. The van der Waals surface area contributed by atoms with Crippen molar-refractivity contribution in [2.75, 3.05) is 5.32 Å². The van der Waals surface area contributed by atoms with Crippen molar-refractivity contribution in [3.8, 4) is 11.1 Å². The van der Waals surface area contributed by atoms with Crippen molar-refractivity contribution in [1.29, 1.82) is 0 Å². The van der Waals surface area contributed by atoms with Gasteiger partial charge in [-0.05, 0) is 58.7 Å². The molecule has 1 amide bonds. The highest BCUT2D eigenvalue weighted by Gasteiger charge is 2.14. The number of nitrogens with zero attached hydrogens (tertiary/aromatic N) is 3. The number of benzene rings is 3. The fraction of sp³-hybridized carbons (Fsp3) is 0.0690. The van der Waals surface area contributed by atoms with Crippen molar-refractivity contribution in [3.05, 3.63) is 132 Å². The van der Waals surface area contributed by atoms with Gasteiger partial charge in [0.25, 0.3) is 5.91 Å². The van der Waals surface area contributed by atoms with Crippen LogP contribution < -0.4 is 10.6 Å². The van der Waals surface area contributed by atoms with E-state index < -0.39 is 0 Å². The predicted octanol–water partition coefficient (Wildman–Crippen LogP) is 5.81. The molecule has 36 heavy (non-hydrogen) atoms. The lowest BCUT2D eigenvalue weighted by Crippen LogP contribution is -2.24. The molecule has 0 atom stereocenters. The normalized spacial score (nSPS) is 10.7. The van der Waals surface area contributed by atoms with E-state index in [1.54, 1.807) is 36.7 Å². The Morgan fingerprint density at radius 1 is 0.889 bits per heavy atom. The van der Waals surface area contributed by atoms with Gasteiger partial charge >= 0.3 is 0 Å². The topological polar surface area (TPSA) is 71.8 Å². The number of carbonyl (C=O) groups excluding carboxylic acids is 1. The van der Waals surface area contributed by atoms with E-state index in [1.807, 2.05) is 41.2 Å². The molecule has 0 aliphatic rings. The Kier molecular flexibility index (Phi) is 6.80. The van der Waals surface area contributed by atoms with Crippen LogP contribution in [0, 0.1) is 5.82 Å². The van der Waals surface area contributed by atoms with Crippen LogP contribution in [-0.2, 0) is 13.1 Å². The molecule has 2 heterocycles. The third-order valence-electron chi connectivity index (χ3n) is 5.77. The molecule has 0 saturated carbocycles. The van der Waals surface area contributed by atoms with E-state index in [9.17, 15) is 9.18 Å². The van der Waals surface area contributed by atoms with Gasteiger partial charge in [0.15, 0.2) is 0 Å². The first-order valence-electron chi connectivity index (χ1n) is 11.6. The highest BCUT2D eigenvalue weighted by molar-refractivity contribution is 5.99. The molecule has 178 valence electrons. The van der Waals surface area contributed by atoms with Crippen LogP contribution in [0.2, 0.25) is 0 Å². The molecule has 0 spiro atoms. The van der Waals surface area contributed by atoms with Crippen molar-refractivity contribution >= 4 is 17.4 Å². The molecule has 7 heteroatoms. The fourth-order valence-corrected chi connectivity index (χ4v) is 3.99. The number of pyridine rings is 1. The molecular weight excluding hydrogens is 453 g/mol. The van der Waals surface area contributed by atoms with E-state index in [0.29, 0.717) is 30.2 Å². The van der Waals surface area contributed by atoms with Gasteiger partial charge in [0, 0.05) is 30.8 Å². The Balaban J connectivity index is 1.30. The average Bonchev–Trinajstić information content (AvgIpc) is 3.41. The highest BCUT2D eigenvalue weighted by atomic mass is 19.1. The van der Waals surface area contributed by atoms with Crippen molar-refractivity contribution < 1.29 is 9.18 Å². The molecule has 0 aliphatic heterocycles. The average molecular weight is 478 g/mol. The predicted molar refractivity (Wildman–Crippen MR) is 138 cm³/mol. The monoisotopic (exact) mass is 477 g/mol. The molecule has 3 aromatic carbocycles. The molecule has 0 bridgehead atoms. The number of hydrogen-bond donors (Lipinski definition) is 2. The van der Waals surface area contributed by atoms with Gasteiger partial charge in [-0.2, -0.15) is 5.10 Å². The summed E-state index contributed by atoms with van der Waals surface area (Å²) in [5.41, 5.74) is 5.16. The smallest absolute Gasteiger partial charge is 0.255 e. The van der Waals surface area contributed by atoms with Crippen LogP contribution in [0.4, 0.5) is 15.9 Å². The van der Waals surface area contributed by atoms with Crippen LogP contribution in [-0.4, -0.2) is 20.7 Å². The summed E-state index contributed by atoms with van der Waals surface area (Å²) in [7, 11) is 0. The maximum Gasteiger partial charge on any atom is 0.255 e. The van der Waals surface area contributed by atoms with Crippen LogP contribution in [0.15, 0.2) is 110 Å².